The van der Waals surface area contributed by atoms with Crippen LogP contribution in [-0.2, 0) is 9.57 Å². The Morgan fingerprint density at radius 3 is 2.89 bits per heavy atom. The molecule has 0 fully saturated rings. The van der Waals surface area contributed by atoms with Crippen LogP contribution >= 0.6 is 15.9 Å². The van der Waals surface area contributed by atoms with E-state index >= 15 is 0 Å². The summed E-state index contributed by atoms with van der Waals surface area (Å²) in [5.74, 6) is -0.548. The van der Waals surface area contributed by atoms with Crippen molar-refractivity contribution in [2.75, 3.05) is 23.9 Å². The molecule has 28 heavy (non-hydrogen) atoms. The van der Waals surface area contributed by atoms with Crippen molar-refractivity contribution in [3.05, 3.63) is 34.2 Å². The summed E-state index contributed by atoms with van der Waals surface area (Å²) in [6.45, 7) is 3.71. The molecule has 0 aliphatic rings. The molecule has 152 valence electrons. The lowest BCUT2D eigenvalue weighted by atomic mass is 10.3. The van der Waals surface area contributed by atoms with Gasteiger partial charge in [-0.15, -0.1) is 0 Å². The van der Waals surface area contributed by atoms with Gasteiger partial charge in [0.2, 0.25) is 11.7 Å². The first-order chi connectivity index (χ1) is 13.4. The van der Waals surface area contributed by atoms with Crippen molar-refractivity contribution in [3.63, 3.8) is 0 Å². The molecule has 2 rings (SSSR count). The second-order valence-electron chi connectivity index (χ2n) is 5.50. The number of hydrogen-bond acceptors (Lipinski definition) is 9. The number of hydrogen-bond donors (Lipinski definition) is 4. The minimum atomic E-state index is -0.563. The zero-order chi connectivity index (χ0) is 20.5. The second kappa shape index (κ2) is 10.4. The van der Waals surface area contributed by atoms with Gasteiger partial charge in [0.25, 0.3) is 0 Å². The van der Waals surface area contributed by atoms with Gasteiger partial charge in [0.1, 0.15) is 5.82 Å². The number of aromatic nitrogens is 2. The molecule has 0 saturated heterocycles. The first-order valence-electron chi connectivity index (χ1n) is 8.00. The predicted molar refractivity (Wildman–Crippen MR) is 99.5 cm³/mol. The zero-order valence-corrected chi connectivity index (χ0v) is 16.5. The third-order valence-electron chi connectivity index (χ3n) is 2.98. The number of amides is 1. The van der Waals surface area contributed by atoms with E-state index in [2.05, 4.69) is 52.1 Å². The number of oxime groups is 1. The molecule has 0 unspecified atom stereocenters. The highest BCUT2D eigenvalue weighted by Crippen LogP contribution is 2.21. The quantitative estimate of drug-likeness (QED) is 0.153. The Labute approximate surface area is 167 Å². The molecular formula is C15H18BrFN6O5. The third kappa shape index (κ3) is 6.35. The van der Waals surface area contributed by atoms with Crippen LogP contribution in [0.4, 0.5) is 20.7 Å². The molecule has 0 atom stereocenters. The van der Waals surface area contributed by atoms with E-state index in [1.165, 1.54) is 18.2 Å². The zero-order valence-electron chi connectivity index (χ0n) is 14.9. The number of nitrogens with zero attached hydrogens (tertiary/aromatic N) is 3. The molecule has 11 nitrogen and oxygen atoms in total. The maximum Gasteiger partial charge on any atom is 0.407 e. The largest absolute Gasteiger partial charge is 0.447 e. The van der Waals surface area contributed by atoms with E-state index in [1.807, 2.05) is 0 Å². The van der Waals surface area contributed by atoms with E-state index in [4.69, 9.17) is 9.57 Å². The standard InChI is InChI=1S/C15H18BrFN6O5/c1-8(2)27-15(24)18-5-6-26-22-14-12(21-28-23-14)13(20-25)19-9-3-4-11(17)10(16)7-9/h3-4,7-8,25H,5-6H2,1-2H3,(H,18,24)(H,19,20)(H,22,23). The van der Waals surface area contributed by atoms with Crippen molar-refractivity contribution in [2.24, 2.45) is 5.16 Å². The van der Waals surface area contributed by atoms with Crippen molar-refractivity contribution >= 4 is 39.4 Å². The molecule has 0 saturated carbocycles. The molecule has 0 radical (unpaired) electrons. The van der Waals surface area contributed by atoms with Gasteiger partial charge >= 0.3 is 6.09 Å². The van der Waals surface area contributed by atoms with E-state index in [1.54, 1.807) is 13.8 Å². The van der Waals surface area contributed by atoms with Crippen LogP contribution in [0.15, 0.2) is 32.5 Å². The van der Waals surface area contributed by atoms with Gasteiger partial charge in [-0.05, 0) is 58.3 Å². The minimum absolute atomic E-state index is 0.00937. The van der Waals surface area contributed by atoms with Crippen molar-refractivity contribution < 1.29 is 28.6 Å². The van der Waals surface area contributed by atoms with Gasteiger partial charge in [0.15, 0.2) is 5.69 Å². The summed E-state index contributed by atoms with van der Waals surface area (Å²) in [7, 11) is 0. The molecule has 1 amide bonds. The highest BCUT2D eigenvalue weighted by Gasteiger charge is 2.18. The number of halogens is 2. The monoisotopic (exact) mass is 460 g/mol. The third-order valence-corrected chi connectivity index (χ3v) is 3.59. The molecule has 0 aliphatic carbocycles. The smallest absolute Gasteiger partial charge is 0.407 e. The maximum absolute atomic E-state index is 13.3. The fourth-order valence-electron chi connectivity index (χ4n) is 1.83. The van der Waals surface area contributed by atoms with Gasteiger partial charge in [-0.3, -0.25) is 4.84 Å². The molecule has 0 aliphatic heterocycles. The number of carbonyl (C=O) groups excluding carboxylic acids is 1. The van der Waals surface area contributed by atoms with Crippen LogP contribution in [0.3, 0.4) is 0 Å². The predicted octanol–water partition coefficient (Wildman–Crippen LogP) is 2.70. The van der Waals surface area contributed by atoms with Crippen molar-refractivity contribution in [2.45, 2.75) is 20.0 Å². The normalized spacial score (nSPS) is 11.4. The van der Waals surface area contributed by atoms with Gasteiger partial charge in [-0.1, -0.05) is 5.16 Å². The van der Waals surface area contributed by atoms with Crippen molar-refractivity contribution in [3.8, 4) is 0 Å². The van der Waals surface area contributed by atoms with Gasteiger partial charge < -0.3 is 20.6 Å². The van der Waals surface area contributed by atoms with Crippen LogP contribution in [-0.4, -0.2) is 46.7 Å². The maximum atomic E-state index is 13.3. The molecule has 1 aromatic carbocycles. The Kier molecular flexibility index (Phi) is 7.95. The number of anilines is 2. The van der Waals surface area contributed by atoms with Gasteiger partial charge in [-0.25, -0.2) is 19.3 Å². The van der Waals surface area contributed by atoms with Gasteiger partial charge in [0.05, 0.1) is 17.2 Å². The molecule has 0 spiro atoms. The molecule has 0 bridgehead atoms. The Hall–Kier alpha value is -2.93. The van der Waals surface area contributed by atoms with E-state index in [-0.39, 0.29) is 41.1 Å². The number of rotatable bonds is 8. The van der Waals surface area contributed by atoms with Crippen LogP contribution in [0.5, 0.6) is 0 Å². The lowest BCUT2D eigenvalue weighted by Gasteiger charge is -2.10. The van der Waals surface area contributed by atoms with E-state index < -0.39 is 11.9 Å². The number of carbonyl (C=O) groups is 1. The lowest BCUT2D eigenvalue weighted by molar-refractivity contribution is 0.111. The number of benzene rings is 1. The van der Waals surface area contributed by atoms with Gasteiger partial charge in [0, 0.05) is 12.2 Å². The molecule has 1 aromatic heterocycles. The minimum Gasteiger partial charge on any atom is -0.447 e. The molecular weight excluding hydrogens is 443 g/mol. The van der Waals surface area contributed by atoms with Crippen LogP contribution < -0.4 is 16.1 Å². The van der Waals surface area contributed by atoms with E-state index in [0.717, 1.165) is 0 Å². The molecule has 4 N–H and O–H groups in total. The Morgan fingerprint density at radius 1 is 1.43 bits per heavy atom. The summed E-state index contributed by atoms with van der Waals surface area (Å²) < 4.78 is 23.1. The lowest BCUT2D eigenvalue weighted by Crippen LogP contribution is -2.30. The second-order valence-corrected chi connectivity index (χ2v) is 6.35. The van der Waals surface area contributed by atoms with E-state index in [0.29, 0.717) is 5.69 Å². The summed E-state index contributed by atoms with van der Waals surface area (Å²) in [5, 5.41) is 24.8. The van der Waals surface area contributed by atoms with Crippen LogP contribution in [0.2, 0.25) is 0 Å². The fourth-order valence-corrected chi connectivity index (χ4v) is 2.21. The number of amidine groups is 1. The van der Waals surface area contributed by atoms with E-state index in [9.17, 15) is 14.4 Å². The highest BCUT2D eigenvalue weighted by atomic mass is 79.9. The summed E-state index contributed by atoms with van der Waals surface area (Å²) in [4.78, 5) is 16.5. The van der Waals surface area contributed by atoms with Crippen molar-refractivity contribution in [1.29, 1.82) is 0 Å². The number of nitrogens with one attached hydrogen (secondary N) is 3. The molecule has 13 heteroatoms. The summed E-state index contributed by atoms with van der Waals surface area (Å²) in [6.07, 6.45) is -0.792. The topological polar surface area (TPSA) is 143 Å². The fraction of sp³-hybridized carbons (Fsp3) is 0.333. The number of ether oxygens (including phenoxy) is 1. The summed E-state index contributed by atoms with van der Waals surface area (Å²) >= 11 is 3.06. The SMILES string of the molecule is CC(C)OC(=O)NCCONc1nonc1/C(=N/O)Nc1ccc(F)c(Br)c1. The average molecular weight is 461 g/mol. The van der Waals surface area contributed by atoms with Crippen molar-refractivity contribution in [1.82, 2.24) is 15.6 Å². The Balaban J connectivity index is 1.89. The summed E-state index contributed by atoms with van der Waals surface area (Å²) in [6, 6.07) is 4.10. The summed E-state index contributed by atoms with van der Waals surface area (Å²) in [5.41, 5.74) is 2.90. The molecule has 1 heterocycles. The average Bonchev–Trinajstić information content (AvgIpc) is 3.10. The van der Waals surface area contributed by atoms with Crippen LogP contribution in [0.25, 0.3) is 0 Å². The number of alkyl carbamates (subject to hydrolysis) is 1. The van der Waals surface area contributed by atoms with Gasteiger partial charge in [-0.2, -0.15) is 0 Å². The first kappa shape index (κ1) is 21.4. The molecule has 2 aromatic rings. The Morgan fingerprint density at radius 2 is 2.21 bits per heavy atom. The first-order valence-corrected chi connectivity index (χ1v) is 8.79. The highest BCUT2D eigenvalue weighted by molar-refractivity contribution is 9.10. The Bertz CT molecular complexity index is 831. The van der Waals surface area contributed by atoms with Crippen LogP contribution in [0.1, 0.15) is 19.5 Å². The van der Waals surface area contributed by atoms with Crippen LogP contribution in [0, 0.1) is 5.82 Å².